The molecule has 0 bridgehead atoms. The molecular formula is C45H72O18. The molecule has 18 nitrogen and oxygen atoms in total. The molecule has 5 aliphatic heterocycles. The van der Waals surface area contributed by atoms with Crippen molar-refractivity contribution in [2.24, 2.45) is 34.5 Å². The molecule has 9 rings (SSSR count). The predicted octanol–water partition coefficient (Wildman–Crippen LogP) is -0.528. The Balaban J connectivity index is 0.922. The molecule has 63 heavy (non-hydrogen) atoms. The molecule has 0 aromatic carbocycles. The van der Waals surface area contributed by atoms with Gasteiger partial charge in [-0.25, -0.2) is 0 Å². The molecule has 10 N–H and O–H groups in total. The highest BCUT2D eigenvalue weighted by Gasteiger charge is 2.76. The zero-order valence-electron chi connectivity index (χ0n) is 37.2. The van der Waals surface area contributed by atoms with E-state index >= 15 is 0 Å². The normalized spacial score (nSPS) is 59.3. The Hall–Kier alpha value is -0.980. The number of aliphatic hydroxyl groups excluding tert-OH is 8. The summed E-state index contributed by atoms with van der Waals surface area (Å²) in [6, 6.07) is 0. The Morgan fingerprint density at radius 2 is 1.32 bits per heavy atom. The minimum Gasteiger partial charge on any atom is -0.394 e. The molecule has 4 aliphatic carbocycles. The van der Waals surface area contributed by atoms with Gasteiger partial charge in [0.25, 0.3) is 0 Å². The van der Waals surface area contributed by atoms with E-state index in [0.29, 0.717) is 37.5 Å². The third-order valence-corrected chi connectivity index (χ3v) is 17.9. The highest BCUT2D eigenvalue weighted by atomic mass is 16.8. The quantitative estimate of drug-likeness (QED) is 0.144. The molecule has 26 atom stereocenters. The predicted molar refractivity (Wildman–Crippen MR) is 216 cm³/mol. The minimum absolute atomic E-state index is 0.144. The number of hydrogen-bond donors (Lipinski definition) is 10. The molecule has 1 spiro atoms. The summed E-state index contributed by atoms with van der Waals surface area (Å²) in [4.78, 5) is 0. The first kappa shape index (κ1) is 47.1. The first-order valence-electron chi connectivity index (χ1n) is 23.3. The fourth-order valence-electron chi connectivity index (χ4n) is 13.9. The summed E-state index contributed by atoms with van der Waals surface area (Å²) in [5, 5.41) is 109. The van der Waals surface area contributed by atoms with Crippen LogP contribution in [-0.2, 0) is 37.9 Å². The molecule has 360 valence electrons. The number of aliphatic hydroxyl groups is 10. The summed E-state index contributed by atoms with van der Waals surface area (Å²) in [6.07, 6.45) is -13.9. The van der Waals surface area contributed by atoms with Crippen molar-refractivity contribution in [1.29, 1.82) is 0 Å². The summed E-state index contributed by atoms with van der Waals surface area (Å²) in [6.45, 7) is 10.9. The Morgan fingerprint density at radius 1 is 0.683 bits per heavy atom. The van der Waals surface area contributed by atoms with Gasteiger partial charge in [-0.2, -0.15) is 0 Å². The zero-order valence-corrected chi connectivity index (χ0v) is 37.2. The fourth-order valence-corrected chi connectivity index (χ4v) is 13.9. The van der Waals surface area contributed by atoms with Crippen molar-refractivity contribution in [2.45, 2.75) is 221 Å². The van der Waals surface area contributed by atoms with E-state index in [2.05, 4.69) is 26.8 Å². The van der Waals surface area contributed by atoms with Crippen LogP contribution in [0.1, 0.15) is 99.3 Å². The first-order chi connectivity index (χ1) is 29.6. The number of allylic oxidation sites excluding steroid dienone is 1. The maximum Gasteiger partial charge on any atom is 0.187 e. The lowest BCUT2D eigenvalue weighted by Crippen LogP contribution is -2.66. The van der Waals surface area contributed by atoms with Crippen LogP contribution in [0.15, 0.2) is 11.6 Å². The lowest BCUT2D eigenvalue weighted by atomic mass is 9.46. The smallest absolute Gasteiger partial charge is 0.187 e. The average Bonchev–Trinajstić information content (AvgIpc) is 3.61. The van der Waals surface area contributed by atoms with E-state index in [9.17, 15) is 51.1 Å². The number of hydrogen-bond acceptors (Lipinski definition) is 18. The van der Waals surface area contributed by atoms with Crippen LogP contribution in [0.25, 0.3) is 0 Å². The van der Waals surface area contributed by atoms with Crippen molar-refractivity contribution < 1.29 is 89.0 Å². The number of rotatable bonds is 7. The lowest BCUT2D eigenvalue weighted by molar-refractivity contribution is -0.388. The van der Waals surface area contributed by atoms with E-state index in [4.69, 9.17) is 37.9 Å². The molecule has 0 amide bonds. The number of ether oxygens (including phenoxy) is 8. The van der Waals surface area contributed by atoms with Gasteiger partial charge in [0, 0.05) is 17.8 Å². The molecular weight excluding hydrogens is 828 g/mol. The van der Waals surface area contributed by atoms with E-state index in [1.54, 1.807) is 6.92 Å². The second-order valence-electron chi connectivity index (χ2n) is 21.5. The Kier molecular flexibility index (Phi) is 12.4. The van der Waals surface area contributed by atoms with Crippen molar-refractivity contribution in [1.82, 2.24) is 0 Å². The fraction of sp³-hybridized carbons (Fsp3) is 0.956. The van der Waals surface area contributed by atoms with Crippen molar-refractivity contribution >= 4 is 0 Å². The molecule has 5 saturated heterocycles. The molecule has 0 aromatic rings. The zero-order chi connectivity index (χ0) is 45.3. The van der Waals surface area contributed by atoms with Crippen LogP contribution in [0.5, 0.6) is 0 Å². The Labute approximate surface area is 368 Å². The van der Waals surface area contributed by atoms with Crippen molar-refractivity contribution in [3.63, 3.8) is 0 Å². The highest BCUT2D eigenvalue weighted by molar-refractivity contribution is 5.29. The van der Waals surface area contributed by atoms with Gasteiger partial charge in [-0.1, -0.05) is 32.4 Å². The SMILES string of the molecule is CC1OC(OC2C(CO)OC(OC3CCC4(C)C(=CCC5C4CCC4(C)C5CC5OC6(CCC(C)(O)CO6)C(C)C54O)C3)C(OC3OC(C)C(O)C(O)C3O)C2O)C(O)C(O)C1O. The van der Waals surface area contributed by atoms with Crippen LogP contribution in [0.2, 0.25) is 0 Å². The topological polar surface area (TPSA) is 276 Å². The molecule has 0 aromatic heterocycles. The van der Waals surface area contributed by atoms with Crippen molar-refractivity contribution in [3.8, 4) is 0 Å². The van der Waals surface area contributed by atoms with E-state index < -0.39 is 122 Å². The minimum atomic E-state index is -1.73. The number of fused-ring (bicyclic) bond motifs is 7. The summed E-state index contributed by atoms with van der Waals surface area (Å²) in [7, 11) is 0. The van der Waals surface area contributed by atoms with Crippen LogP contribution in [-0.4, -0.2) is 186 Å². The maximum absolute atomic E-state index is 12.8. The second-order valence-corrected chi connectivity index (χ2v) is 21.5. The molecule has 5 heterocycles. The van der Waals surface area contributed by atoms with Gasteiger partial charge in [-0.15, -0.1) is 0 Å². The summed E-state index contributed by atoms with van der Waals surface area (Å²) in [5.74, 6) is -0.245. The van der Waals surface area contributed by atoms with E-state index in [0.717, 1.165) is 32.1 Å². The van der Waals surface area contributed by atoms with Gasteiger partial charge in [0.15, 0.2) is 24.7 Å². The van der Waals surface area contributed by atoms with Gasteiger partial charge in [0.1, 0.15) is 66.6 Å². The molecule has 0 radical (unpaired) electrons. The second kappa shape index (κ2) is 16.6. The van der Waals surface area contributed by atoms with Crippen LogP contribution >= 0.6 is 0 Å². The van der Waals surface area contributed by atoms with Crippen molar-refractivity contribution in [2.75, 3.05) is 13.2 Å². The van der Waals surface area contributed by atoms with E-state index in [1.165, 1.54) is 19.4 Å². The summed E-state index contributed by atoms with van der Waals surface area (Å²) < 4.78 is 49.6. The van der Waals surface area contributed by atoms with Crippen LogP contribution < -0.4 is 0 Å². The largest absolute Gasteiger partial charge is 0.394 e. The highest BCUT2D eigenvalue weighted by Crippen LogP contribution is 2.72. The van der Waals surface area contributed by atoms with Gasteiger partial charge < -0.3 is 89.0 Å². The Morgan fingerprint density at radius 3 is 1.92 bits per heavy atom. The molecule has 8 fully saturated rings. The molecule has 26 unspecified atom stereocenters. The van der Waals surface area contributed by atoms with Crippen LogP contribution in [0.4, 0.5) is 0 Å². The Bertz CT molecular complexity index is 1690. The average molecular weight is 901 g/mol. The van der Waals surface area contributed by atoms with Gasteiger partial charge in [0.2, 0.25) is 0 Å². The standard InChI is InChI=1S/C45H72O18/c1-19-29(47)31(49)33(51)38(57-19)61-36-27(17-46)60-40(37(35(36)53)62-39-34(52)32(50)30(48)20(2)58-39)59-23-9-11-42(5)22(15-23)7-8-24-25(42)10-12-43(6)26(24)16-28-45(43,55)21(3)44(63-28)14-13-41(4,54)18-56-44/h7,19-21,23-40,46-55H,8-18H2,1-6H3. The molecule has 9 aliphatic rings. The van der Waals surface area contributed by atoms with E-state index in [1.807, 2.05) is 0 Å². The third-order valence-electron chi connectivity index (χ3n) is 17.9. The van der Waals surface area contributed by atoms with Gasteiger partial charge in [-0.3, -0.25) is 0 Å². The molecule has 18 heteroatoms. The van der Waals surface area contributed by atoms with Crippen LogP contribution in [0, 0.1) is 34.5 Å². The van der Waals surface area contributed by atoms with E-state index in [-0.39, 0.29) is 35.4 Å². The summed E-state index contributed by atoms with van der Waals surface area (Å²) in [5.41, 5.74) is -1.25. The van der Waals surface area contributed by atoms with Gasteiger partial charge in [-0.05, 0) is 95.3 Å². The van der Waals surface area contributed by atoms with Crippen LogP contribution in [0.3, 0.4) is 0 Å². The third kappa shape index (κ3) is 7.35. The lowest BCUT2D eigenvalue weighted by Gasteiger charge is -2.60. The van der Waals surface area contributed by atoms with Crippen molar-refractivity contribution in [3.05, 3.63) is 11.6 Å². The molecule has 3 saturated carbocycles. The summed E-state index contributed by atoms with van der Waals surface area (Å²) >= 11 is 0. The van der Waals surface area contributed by atoms with Gasteiger partial charge in [0.05, 0.1) is 43.2 Å². The first-order valence-corrected chi connectivity index (χ1v) is 23.3. The monoisotopic (exact) mass is 900 g/mol. The maximum atomic E-state index is 12.8. The van der Waals surface area contributed by atoms with Gasteiger partial charge >= 0.3 is 0 Å².